The summed E-state index contributed by atoms with van der Waals surface area (Å²) in [6.07, 6.45) is 0.177. The van der Waals surface area contributed by atoms with E-state index in [-0.39, 0.29) is 12.3 Å². The number of thiazole rings is 1. The molecular formula is C11H9BrClN3OS. The van der Waals surface area contributed by atoms with Crippen LogP contribution in [0.15, 0.2) is 28.1 Å². The summed E-state index contributed by atoms with van der Waals surface area (Å²) in [5.74, 6) is -0.180. The third-order valence-electron chi connectivity index (χ3n) is 2.11. The van der Waals surface area contributed by atoms with Gasteiger partial charge in [0.05, 0.1) is 22.8 Å². The molecule has 0 atom stereocenters. The first-order chi connectivity index (χ1) is 8.54. The van der Waals surface area contributed by atoms with E-state index in [2.05, 4.69) is 26.2 Å². The Labute approximate surface area is 121 Å². The van der Waals surface area contributed by atoms with Crippen LogP contribution in [0.3, 0.4) is 0 Å². The number of rotatable bonds is 3. The van der Waals surface area contributed by atoms with Gasteiger partial charge in [-0.25, -0.2) is 4.98 Å². The summed E-state index contributed by atoms with van der Waals surface area (Å²) in [6.45, 7) is 0. The van der Waals surface area contributed by atoms with Gasteiger partial charge >= 0.3 is 0 Å². The molecule has 0 aliphatic carbocycles. The van der Waals surface area contributed by atoms with E-state index in [1.165, 1.54) is 11.3 Å². The molecule has 4 nitrogen and oxygen atoms in total. The number of anilines is 2. The quantitative estimate of drug-likeness (QED) is 0.896. The molecule has 94 valence electrons. The highest BCUT2D eigenvalue weighted by Gasteiger charge is 2.09. The lowest BCUT2D eigenvalue weighted by Crippen LogP contribution is -2.14. The number of carbonyl (C=O) groups excluding carboxylic acids is 1. The molecule has 0 spiro atoms. The predicted molar refractivity (Wildman–Crippen MR) is 78.0 cm³/mol. The molecule has 7 heteroatoms. The summed E-state index contributed by atoms with van der Waals surface area (Å²) in [5, 5.41) is 5.44. The molecule has 1 heterocycles. The molecule has 0 saturated heterocycles. The van der Waals surface area contributed by atoms with Crippen LogP contribution in [-0.4, -0.2) is 10.9 Å². The van der Waals surface area contributed by atoms with Crippen LogP contribution < -0.4 is 11.1 Å². The standard InChI is InChI=1S/C11H9BrClN3OS/c12-6-1-2-8(13)9(3-6)16-10(17)4-7-5-18-11(14)15-7/h1-3,5H,4H2,(H2,14,15)(H,16,17). The molecule has 0 radical (unpaired) electrons. The van der Waals surface area contributed by atoms with Crippen molar-refractivity contribution in [3.05, 3.63) is 38.8 Å². The molecule has 3 N–H and O–H groups in total. The Morgan fingerprint density at radius 1 is 1.56 bits per heavy atom. The van der Waals surface area contributed by atoms with Gasteiger partial charge < -0.3 is 11.1 Å². The molecule has 2 aromatic rings. The van der Waals surface area contributed by atoms with Gasteiger partial charge in [0.2, 0.25) is 5.91 Å². The van der Waals surface area contributed by atoms with Crippen molar-refractivity contribution in [2.75, 3.05) is 11.1 Å². The third-order valence-corrected chi connectivity index (χ3v) is 3.66. The van der Waals surface area contributed by atoms with Crippen LogP contribution in [0.25, 0.3) is 0 Å². The first kappa shape index (κ1) is 13.3. The number of hydrogen-bond donors (Lipinski definition) is 2. The number of hydrogen-bond acceptors (Lipinski definition) is 4. The largest absolute Gasteiger partial charge is 0.375 e. The number of nitrogens with one attached hydrogen (secondary N) is 1. The zero-order valence-corrected chi connectivity index (χ0v) is 12.3. The molecule has 0 aliphatic rings. The van der Waals surface area contributed by atoms with E-state index < -0.39 is 0 Å². The van der Waals surface area contributed by atoms with Crippen LogP contribution in [-0.2, 0) is 11.2 Å². The lowest BCUT2D eigenvalue weighted by molar-refractivity contribution is -0.115. The minimum Gasteiger partial charge on any atom is -0.375 e. The Bertz CT molecular complexity index is 587. The number of carbonyl (C=O) groups is 1. The molecule has 1 aromatic carbocycles. The van der Waals surface area contributed by atoms with Crippen molar-refractivity contribution in [3.8, 4) is 0 Å². The maximum atomic E-state index is 11.8. The summed E-state index contributed by atoms with van der Waals surface area (Å²) in [5.41, 5.74) is 6.72. The summed E-state index contributed by atoms with van der Waals surface area (Å²) < 4.78 is 0.847. The summed E-state index contributed by atoms with van der Waals surface area (Å²) in [4.78, 5) is 15.8. The molecular weight excluding hydrogens is 338 g/mol. The monoisotopic (exact) mass is 345 g/mol. The minimum atomic E-state index is -0.180. The van der Waals surface area contributed by atoms with E-state index in [1.54, 1.807) is 23.6 Å². The fourth-order valence-corrected chi connectivity index (χ4v) is 2.44. The SMILES string of the molecule is Nc1nc(CC(=O)Nc2cc(Br)ccc2Cl)cs1. The van der Waals surface area contributed by atoms with Crippen molar-refractivity contribution >= 4 is 55.6 Å². The number of nitrogens with zero attached hydrogens (tertiary/aromatic N) is 1. The summed E-state index contributed by atoms with van der Waals surface area (Å²) in [7, 11) is 0. The maximum absolute atomic E-state index is 11.8. The molecule has 1 aromatic heterocycles. The zero-order chi connectivity index (χ0) is 13.1. The van der Waals surface area contributed by atoms with Crippen LogP contribution in [0.4, 0.5) is 10.8 Å². The van der Waals surface area contributed by atoms with Gasteiger partial charge in [0, 0.05) is 9.85 Å². The highest BCUT2D eigenvalue weighted by molar-refractivity contribution is 9.10. The Morgan fingerprint density at radius 2 is 2.33 bits per heavy atom. The molecule has 0 fully saturated rings. The first-order valence-corrected chi connectivity index (χ1v) is 7.04. The highest BCUT2D eigenvalue weighted by atomic mass is 79.9. The molecule has 0 bridgehead atoms. The average molecular weight is 347 g/mol. The molecule has 0 aliphatic heterocycles. The van der Waals surface area contributed by atoms with Gasteiger partial charge in [-0.05, 0) is 18.2 Å². The molecule has 1 amide bonds. The fourth-order valence-electron chi connectivity index (χ4n) is 1.36. The van der Waals surface area contributed by atoms with Gasteiger partial charge in [-0.2, -0.15) is 0 Å². The van der Waals surface area contributed by atoms with Crippen LogP contribution in [0.1, 0.15) is 5.69 Å². The number of benzene rings is 1. The second-order valence-corrected chi connectivity index (χ2v) is 5.74. The maximum Gasteiger partial charge on any atom is 0.230 e. The van der Waals surface area contributed by atoms with Crippen molar-refractivity contribution in [1.29, 1.82) is 0 Å². The number of nitrogen functional groups attached to an aromatic ring is 1. The van der Waals surface area contributed by atoms with Crippen molar-refractivity contribution in [1.82, 2.24) is 4.98 Å². The zero-order valence-electron chi connectivity index (χ0n) is 9.11. The van der Waals surface area contributed by atoms with Crippen molar-refractivity contribution < 1.29 is 4.79 Å². The average Bonchev–Trinajstić information content (AvgIpc) is 2.69. The van der Waals surface area contributed by atoms with E-state index in [0.717, 1.165) is 4.47 Å². The lowest BCUT2D eigenvalue weighted by Gasteiger charge is -2.06. The Balaban J connectivity index is 2.05. The Morgan fingerprint density at radius 3 is 3.00 bits per heavy atom. The second kappa shape index (κ2) is 5.69. The number of aromatic nitrogens is 1. The van der Waals surface area contributed by atoms with Gasteiger partial charge in [0.15, 0.2) is 5.13 Å². The van der Waals surface area contributed by atoms with Crippen LogP contribution in [0.2, 0.25) is 5.02 Å². The van der Waals surface area contributed by atoms with Crippen molar-refractivity contribution in [2.45, 2.75) is 6.42 Å². The molecule has 2 rings (SSSR count). The van der Waals surface area contributed by atoms with Crippen molar-refractivity contribution in [2.24, 2.45) is 0 Å². The van der Waals surface area contributed by atoms with E-state index in [9.17, 15) is 4.79 Å². The van der Waals surface area contributed by atoms with Crippen LogP contribution in [0.5, 0.6) is 0 Å². The van der Waals surface area contributed by atoms with E-state index >= 15 is 0 Å². The second-order valence-electron chi connectivity index (χ2n) is 3.53. The summed E-state index contributed by atoms with van der Waals surface area (Å²) in [6, 6.07) is 5.26. The highest BCUT2D eigenvalue weighted by Crippen LogP contribution is 2.25. The molecule has 18 heavy (non-hydrogen) atoms. The van der Waals surface area contributed by atoms with Gasteiger partial charge in [-0.3, -0.25) is 4.79 Å². The smallest absolute Gasteiger partial charge is 0.230 e. The number of halogens is 2. The third kappa shape index (κ3) is 3.44. The lowest BCUT2D eigenvalue weighted by atomic mass is 10.3. The van der Waals surface area contributed by atoms with Crippen LogP contribution in [0, 0.1) is 0 Å². The topological polar surface area (TPSA) is 68.0 Å². The van der Waals surface area contributed by atoms with Gasteiger partial charge in [0.25, 0.3) is 0 Å². The van der Waals surface area contributed by atoms with Gasteiger partial charge in [0.1, 0.15) is 0 Å². The van der Waals surface area contributed by atoms with E-state index in [4.69, 9.17) is 17.3 Å². The number of amides is 1. The van der Waals surface area contributed by atoms with Crippen LogP contribution >= 0.6 is 38.9 Å². The van der Waals surface area contributed by atoms with E-state index in [0.29, 0.717) is 21.5 Å². The minimum absolute atomic E-state index is 0.177. The van der Waals surface area contributed by atoms with Gasteiger partial charge in [-0.15, -0.1) is 11.3 Å². The summed E-state index contributed by atoms with van der Waals surface area (Å²) >= 11 is 10.6. The first-order valence-electron chi connectivity index (χ1n) is 4.99. The Kier molecular flexibility index (Phi) is 4.21. The Hall–Kier alpha value is -1.11. The molecule has 0 saturated carbocycles. The normalized spacial score (nSPS) is 10.3. The van der Waals surface area contributed by atoms with Gasteiger partial charge in [-0.1, -0.05) is 27.5 Å². The fraction of sp³-hybridized carbons (Fsp3) is 0.0909. The van der Waals surface area contributed by atoms with Crippen molar-refractivity contribution in [3.63, 3.8) is 0 Å². The number of nitrogens with two attached hydrogens (primary N) is 1. The van der Waals surface area contributed by atoms with E-state index in [1.807, 2.05) is 0 Å². The molecule has 0 unspecified atom stereocenters. The predicted octanol–water partition coefficient (Wildman–Crippen LogP) is 3.32.